The number of ether oxygens (including phenoxy) is 1. The summed E-state index contributed by atoms with van der Waals surface area (Å²) in [7, 11) is 0. The zero-order valence-electron chi connectivity index (χ0n) is 11.9. The molecule has 1 aliphatic heterocycles. The summed E-state index contributed by atoms with van der Waals surface area (Å²) < 4.78 is 5.04. The predicted octanol–water partition coefficient (Wildman–Crippen LogP) is 2.08. The first-order chi connectivity index (χ1) is 8.47. The number of hydrogen-bond acceptors (Lipinski definition) is 3. The van der Waals surface area contributed by atoms with Crippen LogP contribution in [0.3, 0.4) is 0 Å². The van der Waals surface area contributed by atoms with Crippen LogP contribution in [0.1, 0.15) is 40.5 Å². The summed E-state index contributed by atoms with van der Waals surface area (Å²) in [6, 6.07) is 0. The van der Waals surface area contributed by atoms with Gasteiger partial charge in [-0.25, -0.2) is 0 Å². The minimum Gasteiger partial charge on any atom is -0.466 e. The van der Waals surface area contributed by atoms with Crippen molar-refractivity contribution in [1.82, 2.24) is 4.90 Å². The van der Waals surface area contributed by atoms with Gasteiger partial charge in [0, 0.05) is 19.0 Å². The molecule has 1 saturated heterocycles. The Kier molecular flexibility index (Phi) is 5.63. The topological polar surface area (TPSA) is 46.6 Å². The molecule has 4 heteroatoms. The van der Waals surface area contributed by atoms with Crippen LogP contribution < -0.4 is 0 Å². The minimum atomic E-state index is -0.160. The Labute approximate surface area is 110 Å². The first-order valence-electron chi connectivity index (χ1n) is 6.92. The molecule has 0 aromatic rings. The number of rotatable bonds is 4. The van der Waals surface area contributed by atoms with E-state index in [0.29, 0.717) is 19.1 Å². The molecule has 1 amide bonds. The van der Waals surface area contributed by atoms with Crippen molar-refractivity contribution < 1.29 is 14.3 Å². The smallest absolute Gasteiger partial charge is 0.310 e. The zero-order valence-corrected chi connectivity index (χ0v) is 11.9. The van der Waals surface area contributed by atoms with E-state index >= 15 is 0 Å². The lowest BCUT2D eigenvalue weighted by Gasteiger charge is -2.34. The minimum absolute atomic E-state index is 0.0194. The van der Waals surface area contributed by atoms with Crippen LogP contribution in [0.2, 0.25) is 0 Å². The van der Waals surface area contributed by atoms with Crippen LogP contribution in [0.25, 0.3) is 0 Å². The Morgan fingerprint density at radius 2 is 2.00 bits per heavy atom. The maximum Gasteiger partial charge on any atom is 0.310 e. The monoisotopic (exact) mass is 255 g/mol. The lowest BCUT2D eigenvalue weighted by atomic mass is 9.93. The first kappa shape index (κ1) is 15.0. The summed E-state index contributed by atoms with van der Waals surface area (Å²) in [4.78, 5) is 25.8. The third kappa shape index (κ3) is 3.72. The molecular formula is C14H25NO3. The van der Waals surface area contributed by atoms with Gasteiger partial charge in [-0.3, -0.25) is 9.59 Å². The van der Waals surface area contributed by atoms with Crippen LogP contribution in [0.4, 0.5) is 0 Å². The lowest BCUT2D eigenvalue weighted by molar-refractivity contribution is -0.152. The van der Waals surface area contributed by atoms with Crippen LogP contribution >= 0.6 is 0 Å². The maximum absolute atomic E-state index is 12.2. The molecule has 1 fully saturated rings. The average Bonchev–Trinajstić information content (AvgIpc) is 2.37. The predicted molar refractivity (Wildman–Crippen MR) is 69.9 cm³/mol. The van der Waals surface area contributed by atoms with Crippen molar-refractivity contribution in [3.8, 4) is 0 Å². The molecule has 0 spiro atoms. The van der Waals surface area contributed by atoms with Crippen LogP contribution in [0.5, 0.6) is 0 Å². The molecule has 0 N–H and O–H groups in total. The normalized spacial score (nSPS) is 21.8. The van der Waals surface area contributed by atoms with Crippen LogP contribution in [0.15, 0.2) is 0 Å². The highest BCUT2D eigenvalue weighted by Crippen LogP contribution is 2.21. The first-order valence-corrected chi connectivity index (χ1v) is 6.92. The third-order valence-electron chi connectivity index (χ3n) is 3.74. The van der Waals surface area contributed by atoms with E-state index in [4.69, 9.17) is 4.74 Å². The molecule has 0 bridgehead atoms. The summed E-state index contributed by atoms with van der Waals surface area (Å²) >= 11 is 0. The Morgan fingerprint density at radius 1 is 1.33 bits per heavy atom. The Bertz CT molecular complexity index is 301. The van der Waals surface area contributed by atoms with Crippen LogP contribution in [-0.4, -0.2) is 36.5 Å². The molecule has 0 radical (unpaired) electrons. The molecule has 0 aromatic carbocycles. The van der Waals surface area contributed by atoms with E-state index in [1.54, 1.807) is 0 Å². The van der Waals surface area contributed by atoms with Gasteiger partial charge in [0.25, 0.3) is 0 Å². The molecule has 104 valence electrons. The summed E-state index contributed by atoms with van der Waals surface area (Å²) in [6.07, 6.45) is 1.72. The van der Waals surface area contributed by atoms with Gasteiger partial charge in [-0.05, 0) is 25.7 Å². The van der Waals surface area contributed by atoms with Gasteiger partial charge in [0.2, 0.25) is 5.91 Å². The standard InChI is InChI=1S/C14H25NO3/c1-5-18-14(17)12-7-6-8-15(9-12)13(16)11(4)10(2)3/h10-12H,5-9H2,1-4H3. The second kappa shape index (κ2) is 6.76. The van der Waals surface area contributed by atoms with Crippen LogP contribution in [0, 0.1) is 17.8 Å². The van der Waals surface area contributed by atoms with Crippen molar-refractivity contribution in [2.24, 2.45) is 17.8 Å². The van der Waals surface area contributed by atoms with Crippen molar-refractivity contribution in [1.29, 1.82) is 0 Å². The summed E-state index contributed by atoms with van der Waals surface area (Å²) in [5.41, 5.74) is 0. The largest absolute Gasteiger partial charge is 0.466 e. The van der Waals surface area contributed by atoms with E-state index in [0.717, 1.165) is 19.4 Å². The molecule has 1 rings (SSSR count). The van der Waals surface area contributed by atoms with Gasteiger partial charge < -0.3 is 9.64 Å². The van der Waals surface area contributed by atoms with Gasteiger partial charge in [0.15, 0.2) is 0 Å². The molecule has 0 aromatic heterocycles. The third-order valence-corrected chi connectivity index (χ3v) is 3.74. The Morgan fingerprint density at radius 3 is 2.56 bits per heavy atom. The Balaban J connectivity index is 2.58. The number of likely N-dealkylation sites (tertiary alicyclic amines) is 1. The number of amides is 1. The number of nitrogens with zero attached hydrogens (tertiary/aromatic N) is 1. The van der Waals surface area contributed by atoms with Gasteiger partial charge in [-0.2, -0.15) is 0 Å². The summed E-state index contributed by atoms with van der Waals surface area (Å²) in [5.74, 6) is 0.222. The summed E-state index contributed by atoms with van der Waals surface area (Å²) in [5, 5.41) is 0. The van der Waals surface area contributed by atoms with Crippen molar-refractivity contribution in [3.05, 3.63) is 0 Å². The van der Waals surface area contributed by atoms with E-state index in [9.17, 15) is 9.59 Å². The number of carbonyl (C=O) groups excluding carboxylic acids is 2. The molecule has 2 unspecified atom stereocenters. The van der Waals surface area contributed by atoms with Gasteiger partial charge in [-0.15, -0.1) is 0 Å². The summed E-state index contributed by atoms with van der Waals surface area (Å²) in [6.45, 7) is 9.57. The van der Waals surface area contributed by atoms with Gasteiger partial charge in [-0.1, -0.05) is 20.8 Å². The van der Waals surface area contributed by atoms with Gasteiger partial charge >= 0.3 is 5.97 Å². The van der Waals surface area contributed by atoms with Gasteiger partial charge in [0.05, 0.1) is 12.5 Å². The molecule has 1 aliphatic rings. The highest BCUT2D eigenvalue weighted by atomic mass is 16.5. The maximum atomic E-state index is 12.2. The molecule has 4 nitrogen and oxygen atoms in total. The zero-order chi connectivity index (χ0) is 13.7. The number of esters is 1. The van der Waals surface area contributed by atoms with Crippen molar-refractivity contribution >= 4 is 11.9 Å². The van der Waals surface area contributed by atoms with Gasteiger partial charge in [0.1, 0.15) is 0 Å². The Hall–Kier alpha value is -1.06. The van der Waals surface area contributed by atoms with E-state index in [-0.39, 0.29) is 23.7 Å². The van der Waals surface area contributed by atoms with E-state index in [2.05, 4.69) is 13.8 Å². The highest BCUT2D eigenvalue weighted by Gasteiger charge is 2.31. The number of hydrogen-bond donors (Lipinski definition) is 0. The second-order valence-corrected chi connectivity index (χ2v) is 5.41. The van der Waals surface area contributed by atoms with E-state index in [1.807, 2.05) is 18.7 Å². The van der Waals surface area contributed by atoms with Crippen LogP contribution in [-0.2, 0) is 14.3 Å². The molecule has 1 heterocycles. The fraction of sp³-hybridized carbons (Fsp3) is 0.857. The quantitative estimate of drug-likeness (QED) is 0.723. The highest BCUT2D eigenvalue weighted by molar-refractivity contribution is 5.80. The van der Waals surface area contributed by atoms with Crippen molar-refractivity contribution in [2.45, 2.75) is 40.5 Å². The van der Waals surface area contributed by atoms with Crippen molar-refractivity contribution in [3.63, 3.8) is 0 Å². The van der Waals surface area contributed by atoms with E-state index < -0.39 is 0 Å². The molecule has 2 atom stereocenters. The average molecular weight is 255 g/mol. The second-order valence-electron chi connectivity index (χ2n) is 5.41. The number of piperidine rings is 1. The lowest BCUT2D eigenvalue weighted by Crippen LogP contribution is -2.45. The SMILES string of the molecule is CCOC(=O)C1CCCN(C(=O)C(C)C(C)C)C1. The molecule has 0 aliphatic carbocycles. The fourth-order valence-electron chi connectivity index (χ4n) is 2.20. The molecular weight excluding hydrogens is 230 g/mol. The van der Waals surface area contributed by atoms with E-state index in [1.165, 1.54) is 0 Å². The number of carbonyl (C=O) groups is 2. The fourth-order valence-corrected chi connectivity index (χ4v) is 2.20. The van der Waals surface area contributed by atoms with Crippen molar-refractivity contribution in [2.75, 3.05) is 19.7 Å². The molecule has 0 saturated carbocycles. The molecule has 18 heavy (non-hydrogen) atoms.